The molecule has 0 spiro atoms. The molecule has 3 aromatic rings. The number of hydrogen-bond acceptors (Lipinski definition) is 3. The van der Waals surface area contributed by atoms with Crippen molar-refractivity contribution in [2.24, 2.45) is 0 Å². The van der Waals surface area contributed by atoms with Crippen LogP contribution in [0.25, 0.3) is 11.1 Å². The van der Waals surface area contributed by atoms with Crippen molar-refractivity contribution >= 4 is 23.2 Å². The molecule has 0 N–H and O–H groups in total. The molecule has 1 heterocycles. The van der Waals surface area contributed by atoms with Gasteiger partial charge in [-0.25, -0.2) is 0 Å². The Bertz CT molecular complexity index is 926. The topological polar surface area (TPSA) is 27.7 Å². The summed E-state index contributed by atoms with van der Waals surface area (Å²) in [7, 11) is 0. The van der Waals surface area contributed by atoms with Crippen LogP contribution in [0, 0.1) is 0 Å². The van der Waals surface area contributed by atoms with Crippen molar-refractivity contribution in [1.82, 2.24) is 0 Å². The van der Waals surface area contributed by atoms with Crippen molar-refractivity contribution in [1.29, 1.82) is 0 Å². The minimum Gasteiger partial charge on any atom is -0.487 e. The Hall–Kier alpha value is -2.20. The standard InChI is InChI=1S/C21H16Cl2O3/c22-18-8-16-11-24-13-26-21(16)17(9-18)12-25-20-7-6-15(10-19(20)23)14-4-2-1-3-5-14/h1-10H,11-13H2. The summed E-state index contributed by atoms with van der Waals surface area (Å²) in [5.41, 5.74) is 3.95. The Kier molecular flexibility index (Phi) is 5.02. The first-order valence-electron chi connectivity index (χ1n) is 8.20. The summed E-state index contributed by atoms with van der Waals surface area (Å²) in [6, 6.07) is 19.6. The van der Waals surface area contributed by atoms with Crippen LogP contribution in [0.15, 0.2) is 60.7 Å². The average molecular weight is 387 g/mol. The second-order valence-electron chi connectivity index (χ2n) is 5.96. The van der Waals surface area contributed by atoms with E-state index in [0.29, 0.717) is 29.0 Å². The van der Waals surface area contributed by atoms with E-state index in [2.05, 4.69) is 0 Å². The predicted molar refractivity (Wildman–Crippen MR) is 103 cm³/mol. The van der Waals surface area contributed by atoms with Gasteiger partial charge in [-0.05, 0) is 35.4 Å². The fourth-order valence-corrected chi connectivity index (χ4v) is 3.45. The zero-order valence-corrected chi connectivity index (χ0v) is 15.4. The number of benzene rings is 3. The molecule has 0 amide bonds. The van der Waals surface area contributed by atoms with Crippen LogP contribution in [0.4, 0.5) is 0 Å². The van der Waals surface area contributed by atoms with Crippen LogP contribution in [0.2, 0.25) is 10.0 Å². The van der Waals surface area contributed by atoms with Crippen molar-refractivity contribution in [3.8, 4) is 22.6 Å². The molecule has 132 valence electrons. The summed E-state index contributed by atoms with van der Waals surface area (Å²) in [5.74, 6) is 1.39. The second kappa shape index (κ2) is 7.58. The third-order valence-corrected chi connectivity index (χ3v) is 4.69. The summed E-state index contributed by atoms with van der Waals surface area (Å²) in [6.07, 6.45) is 0. The SMILES string of the molecule is Clc1cc2c(c(COc3ccc(-c4ccccc4)cc3Cl)c1)OCOC2. The number of rotatable bonds is 4. The Morgan fingerprint density at radius 3 is 2.58 bits per heavy atom. The lowest BCUT2D eigenvalue weighted by Crippen LogP contribution is -2.14. The van der Waals surface area contributed by atoms with Crippen LogP contribution >= 0.6 is 23.2 Å². The molecule has 26 heavy (non-hydrogen) atoms. The molecule has 0 atom stereocenters. The lowest BCUT2D eigenvalue weighted by Gasteiger charge is -2.21. The largest absolute Gasteiger partial charge is 0.487 e. The first-order valence-corrected chi connectivity index (χ1v) is 8.96. The van der Waals surface area contributed by atoms with Crippen LogP contribution in [0.5, 0.6) is 11.5 Å². The predicted octanol–water partition coefficient (Wildman–Crippen LogP) is 6.11. The van der Waals surface area contributed by atoms with Crippen molar-refractivity contribution in [3.05, 3.63) is 81.8 Å². The molecular formula is C21H16Cl2O3. The maximum absolute atomic E-state index is 6.42. The molecule has 0 aromatic heterocycles. The van der Waals surface area contributed by atoms with Crippen LogP contribution in [0.3, 0.4) is 0 Å². The molecule has 3 nitrogen and oxygen atoms in total. The highest BCUT2D eigenvalue weighted by Crippen LogP contribution is 2.34. The maximum atomic E-state index is 6.42. The smallest absolute Gasteiger partial charge is 0.189 e. The minimum atomic E-state index is 0.230. The van der Waals surface area contributed by atoms with Crippen LogP contribution < -0.4 is 9.47 Å². The van der Waals surface area contributed by atoms with Gasteiger partial charge in [0.25, 0.3) is 0 Å². The monoisotopic (exact) mass is 386 g/mol. The Balaban J connectivity index is 1.55. The van der Waals surface area contributed by atoms with Crippen LogP contribution in [-0.2, 0) is 18.0 Å². The van der Waals surface area contributed by atoms with Gasteiger partial charge in [0, 0.05) is 16.1 Å². The summed E-state index contributed by atoms with van der Waals surface area (Å²) in [5, 5.41) is 1.19. The van der Waals surface area contributed by atoms with E-state index in [1.54, 1.807) is 0 Å². The lowest BCUT2D eigenvalue weighted by atomic mass is 10.1. The van der Waals surface area contributed by atoms with Gasteiger partial charge in [0.15, 0.2) is 6.79 Å². The summed E-state index contributed by atoms with van der Waals surface area (Å²) >= 11 is 12.6. The van der Waals surface area contributed by atoms with Crippen molar-refractivity contribution < 1.29 is 14.2 Å². The van der Waals surface area contributed by atoms with Gasteiger partial charge in [-0.1, -0.05) is 59.6 Å². The molecule has 0 bridgehead atoms. The summed E-state index contributed by atoms with van der Waals surface area (Å²) in [4.78, 5) is 0. The fourth-order valence-electron chi connectivity index (χ4n) is 2.95. The number of halogens is 2. The second-order valence-corrected chi connectivity index (χ2v) is 6.81. The van der Waals surface area contributed by atoms with E-state index < -0.39 is 0 Å². The molecule has 1 aliphatic rings. The zero-order valence-electron chi connectivity index (χ0n) is 13.9. The maximum Gasteiger partial charge on any atom is 0.189 e. The molecule has 4 rings (SSSR count). The van der Waals surface area contributed by atoms with Gasteiger partial charge in [0.1, 0.15) is 18.1 Å². The molecule has 0 saturated carbocycles. The van der Waals surface area contributed by atoms with E-state index in [0.717, 1.165) is 28.0 Å². The highest BCUT2D eigenvalue weighted by atomic mass is 35.5. The number of fused-ring (bicyclic) bond motifs is 1. The first-order chi connectivity index (χ1) is 12.7. The van der Waals surface area contributed by atoms with Gasteiger partial charge in [0.2, 0.25) is 0 Å². The van der Waals surface area contributed by atoms with Gasteiger partial charge in [-0.15, -0.1) is 0 Å². The Labute approximate surface area is 162 Å². The highest BCUT2D eigenvalue weighted by molar-refractivity contribution is 6.32. The summed E-state index contributed by atoms with van der Waals surface area (Å²) < 4.78 is 16.8. The van der Waals surface area contributed by atoms with Gasteiger partial charge >= 0.3 is 0 Å². The molecule has 0 unspecified atom stereocenters. The van der Waals surface area contributed by atoms with E-state index in [-0.39, 0.29) is 6.79 Å². The molecule has 0 saturated heterocycles. The number of ether oxygens (including phenoxy) is 3. The molecular weight excluding hydrogens is 371 g/mol. The van der Waals surface area contributed by atoms with Crippen molar-refractivity contribution in [2.75, 3.05) is 6.79 Å². The van der Waals surface area contributed by atoms with Crippen LogP contribution in [-0.4, -0.2) is 6.79 Å². The third kappa shape index (κ3) is 3.65. The Morgan fingerprint density at radius 2 is 1.77 bits per heavy atom. The zero-order chi connectivity index (χ0) is 17.9. The minimum absolute atomic E-state index is 0.230. The molecule has 0 fully saturated rings. The molecule has 0 aliphatic carbocycles. The highest BCUT2D eigenvalue weighted by Gasteiger charge is 2.17. The number of hydrogen-bond donors (Lipinski definition) is 0. The van der Waals surface area contributed by atoms with Crippen molar-refractivity contribution in [2.45, 2.75) is 13.2 Å². The Morgan fingerprint density at radius 1 is 0.923 bits per heavy atom. The molecule has 1 aliphatic heterocycles. The van der Waals surface area contributed by atoms with Crippen LogP contribution in [0.1, 0.15) is 11.1 Å². The van der Waals surface area contributed by atoms with Gasteiger partial charge < -0.3 is 14.2 Å². The summed E-state index contributed by atoms with van der Waals surface area (Å²) in [6.45, 7) is 1.02. The normalized spacial score (nSPS) is 13.0. The van der Waals surface area contributed by atoms with E-state index in [4.69, 9.17) is 37.4 Å². The molecule has 3 aromatic carbocycles. The van der Waals surface area contributed by atoms with E-state index in [1.807, 2.05) is 60.7 Å². The van der Waals surface area contributed by atoms with E-state index in [9.17, 15) is 0 Å². The van der Waals surface area contributed by atoms with E-state index in [1.165, 1.54) is 0 Å². The molecule has 0 radical (unpaired) electrons. The first kappa shape index (κ1) is 17.2. The fraction of sp³-hybridized carbons (Fsp3) is 0.143. The lowest BCUT2D eigenvalue weighted by molar-refractivity contribution is -0.0175. The molecule has 5 heteroatoms. The van der Waals surface area contributed by atoms with Crippen molar-refractivity contribution in [3.63, 3.8) is 0 Å². The van der Waals surface area contributed by atoms with Gasteiger partial charge in [-0.2, -0.15) is 0 Å². The van der Waals surface area contributed by atoms with Gasteiger partial charge in [-0.3, -0.25) is 0 Å². The average Bonchev–Trinajstić information content (AvgIpc) is 2.67. The third-order valence-electron chi connectivity index (χ3n) is 4.17. The van der Waals surface area contributed by atoms with Gasteiger partial charge in [0.05, 0.1) is 11.6 Å². The van der Waals surface area contributed by atoms with E-state index >= 15 is 0 Å². The quantitative estimate of drug-likeness (QED) is 0.541.